The van der Waals surface area contributed by atoms with E-state index in [9.17, 15) is 9.59 Å². The highest BCUT2D eigenvalue weighted by atomic mass is 35.5. The van der Waals surface area contributed by atoms with Crippen LogP contribution in [0.1, 0.15) is 21.9 Å². The van der Waals surface area contributed by atoms with Crippen molar-refractivity contribution in [3.8, 4) is 0 Å². The van der Waals surface area contributed by atoms with Crippen molar-refractivity contribution in [1.82, 2.24) is 14.4 Å². The first kappa shape index (κ1) is 18.4. The number of esters is 1. The number of hydrogen-bond acceptors (Lipinski definition) is 6. The lowest BCUT2D eigenvalue weighted by atomic mass is 10.3. The molecule has 0 atom stereocenters. The number of anilines is 1. The molecule has 0 aliphatic carbocycles. The Morgan fingerprint density at radius 1 is 1.23 bits per heavy atom. The Balaban J connectivity index is 1.87. The van der Waals surface area contributed by atoms with Crippen molar-refractivity contribution in [2.75, 3.05) is 5.73 Å². The highest BCUT2D eigenvalue weighted by molar-refractivity contribution is 6.46. The number of nitrogen functional groups attached to an aromatic ring is 1. The van der Waals surface area contributed by atoms with Crippen LogP contribution in [-0.2, 0) is 11.3 Å². The molecule has 0 bridgehead atoms. The summed E-state index contributed by atoms with van der Waals surface area (Å²) in [5, 5.41) is -0.377. The minimum atomic E-state index is -0.869. The summed E-state index contributed by atoms with van der Waals surface area (Å²) in [6.07, 6.45) is 0. The second-order valence-corrected chi connectivity index (χ2v) is 6.43. The second-order valence-electron chi connectivity index (χ2n) is 5.32. The predicted molar refractivity (Wildman–Crippen MR) is 99.0 cm³/mol. The third kappa shape index (κ3) is 3.33. The number of fused-ring (bicyclic) bond motifs is 1. The molecule has 134 valence electrons. The zero-order chi connectivity index (χ0) is 19.0. The SMILES string of the molecule is Cc1cccc2nc(COC(=O)c3nc(Cl)c(Cl)c(N)c3Cl)cc(=O)n12. The van der Waals surface area contributed by atoms with E-state index < -0.39 is 5.97 Å². The molecule has 3 heterocycles. The summed E-state index contributed by atoms with van der Waals surface area (Å²) < 4.78 is 6.57. The number of halogens is 3. The van der Waals surface area contributed by atoms with Gasteiger partial charge in [0.1, 0.15) is 17.3 Å². The van der Waals surface area contributed by atoms with Crippen molar-refractivity contribution in [2.45, 2.75) is 13.5 Å². The molecule has 10 heteroatoms. The fraction of sp³-hybridized carbons (Fsp3) is 0.125. The standard InChI is InChI=1S/C16H11Cl3N4O3/c1-7-3-2-4-9-21-8(5-10(24)23(7)9)6-26-16(25)14-11(17)13(20)12(18)15(19)22-14/h2-5H,6H2,1H3,(H2,20,22). The fourth-order valence-corrected chi connectivity index (χ4v) is 2.90. The van der Waals surface area contributed by atoms with Gasteiger partial charge in [-0.3, -0.25) is 9.20 Å². The molecule has 0 unspecified atom stereocenters. The molecule has 0 amide bonds. The monoisotopic (exact) mass is 412 g/mol. The van der Waals surface area contributed by atoms with Crippen LogP contribution in [0, 0.1) is 6.92 Å². The molecule has 3 aromatic rings. The topological polar surface area (TPSA) is 99.6 Å². The van der Waals surface area contributed by atoms with Gasteiger partial charge in [0, 0.05) is 11.8 Å². The number of ether oxygens (including phenoxy) is 1. The molecule has 0 aliphatic heterocycles. The summed E-state index contributed by atoms with van der Waals surface area (Å²) in [5.74, 6) is -0.869. The number of pyridine rings is 2. The zero-order valence-electron chi connectivity index (χ0n) is 13.3. The van der Waals surface area contributed by atoms with Crippen LogP contribution in [0.25, 0.3) is 5.65 Å². The van der Waals surface area contributed by atoms with Gasteiger partial charge in [0.2, 0.25) is 0 Å². The van der Waals surface area contributed by atoms with Gasteiger partial charge in [-0.1, -0.05) is 40.9 Å². The normalized spacial score (nSPS) is 10.9. The molecule has 0 fully saturated rings. The summed E-state index contributed by atoms with van der Waals surface area (Å²) in [7, 11) is 0. The number of carbonyl (C=O) groups is 1. The van der Waals surface area contributed by atoms with Crippen LogP contribution in [0.4, 0.5) is 5.69 Å². The Morgan fingerprint density at radius 2 is 1.96 bits per heavy atom. The maximum atomic E-state index is 12.2. The molecule has 26 heavy (non-hydrogen) atoms. The van der Waals surface area contributed by atoms with Gasteiger partial charge >= 0.3 is 5.97 Å². The molecule has 0 aromatic carbocycles. The van der Waals surface area contributed by atoms with Crippen molar-refractivity contribution in [2.24, 2.45) is 0 Å². The fourth-order valence-electron chi connectivity index (χ4n) is 2.31. The maximum absolute atomic E-state index is 12.2. The van der Waals surface area contributed by atoms with Gasteiger partial charge in [-0.25, -0.2) is 14.8 Å². The van der Waals surface area contributed by atoms with E-state index in [0.717, 1.165) is 5.69 Å². The minimum Gasteiger partial charge on any atom is -0.454 e. The highest BCUT2D eigenvalue weighted by Crippen LogP contribution is 2.34. The van der Waals surface area contributed by atoms with E-state index >= 15 is 0 Å². The van der Waals surface area contributed by atoms with Crippen molar-refractivity contribution >= 4 is 52.1 Å². The first-order valence-electron chi connectivity index (χ1n) is 7.25. The summed E-state index contributed by atoms with van der Waals surface area (Å²) in [6.45, 7) is 1.54. The molecular weight excluding hydrogens is 403 g/mol. The average Bonchev–Trinajstić information content (AvgIpc) is 2.60. The van der Waals surface area contributed by atoms with Crippen molar-refractivity contribution in [3.05, 3.63) is 66.9 Å². The number of aromatic nitrogens is 3. The lowest BCUT2D eigenvalue weighted by Gasteiger charge is -2.10. The lowest BCUT2D eigenvalue weighted by Crippen LogP contribution is -2.18. The molecule has 0 spiro atoms. The van der Waals surface area contributed by atoms with Crippen LogP contribution in [-0.4, -0.2) is 20.3 Å². The first-order valence-corrected chi connectivity index (χ1v) is 8.38. The summed E-state index contributed by atoms with van der Waals surface area (Å²) in [5.41, 5.74) is 6.51. The van der Waals surface area contributed by atoms with Gasteiger partial charge in [-0.15, -0.1) is 0 Å². The third-order valence-corrected chi connectivity index (χ3v) is 4.69. The summed E-state index contributed by atoms with van der Waals surface area (Å²) in [4.78, 5) is 32.5. The van der Waals surface area contributed by atoms with Crippen molar-refractivity contribution in [3.63, 3.8) is 0 Å². The van der Waals surface area contributed by atoms with E-state index in [-0.39, 0.29) is 44.4 Å². The number of rotatable bonds is 3. The molecule has 3 aromatic heterocycles. The minimum absolute atomic E-state index is 0.0483. The van der Waals surface area contributed by atoms with Crippen LogP contribution >= 0.6 is 34.8 Å². The Morgan fingerprint density at radius 3 is 2.69 bits per heavy atom. The quantitative estimate of drug-likeness (QED) is 0.522. The average molecular weight is 414 g/mol. The number of carbonyl (C=O) groups excluding carboxylic acids is 1. The van der Waals surface area contributed by atoms with Crippen molar-refractivity contribution < 1.29 is 9.53 Å². The van der Waals surface area contributed by atoms with Crippen molar-refractivity contribution in [1.29, 1.82) is 0 Å². The van der Waals surface area contributed by atoms with E-state index in [1.54, 1.807) is 25.1 Å². The molecule has 0 saturated carbocycles. The molecular formula is C16H11Cl3N4O3. The first-order chi connectivity index (χ1) is 12.3. The molecule has 0 aliphatic rings. The third-order valence-electron chi connectivity index (χ3n) is 3.55. The Labute approximate surface area is 162 Å². The number of hydrogen-bond donors (Lipinski definition) is 1. The molecule has 2 N–H and O–H groups in total. The molecule has 0 saturated heterocycles. The van der Waals surface area contributed by atoms with Crippen LogP contribution in [0.5, 0.6) is 0 Å². The van der Waals surface area contributed by atoms with E-state index in [2.05, 4.69) is 9.97 Å². The molecule has 0 radical (unpaired) electrons. The van der Waals surface area contributed by atoms with E-state index in [1.807, 2.05) is 0 Å². The number of aryl methyl sites for hydroxylation is 1. The Bertz CT molecular complexity index is 1100. The Hall–Kier alpha value is -2.35. The second kappa shape index (κ2) is 7.11. The van der Waals surface area contributed by atoms with E-state index in [4.69, 9.17) is 45.3 Å². The predicted octanol–water partition coefficient (Wildman–Crippen LogP) is 3.30. The van der Waals surface area contributed by atoms with Gasteiger partial charge in [-0.05, 0) is 19.1 Å². The Kier molecular flexibility index (Phi) is 5.04. The zero-order valence-corrected chi connectivity index (χ0v) is 15.6. The van der Waals surface area contributed by atoms with Crippen LogP contribution < -0.4 is 11.3 Å². The van der Waals surface area contributed by atoms with Crippen LogP contribution in [0.3, 0.4) is 0 Å². The van der Waals surface area contributed by atoms with E-state index in [1.165, 1.54) is 10.5 Å². The van der Waals surface area contributed by atoms with E-state index in [0.29, 0.717) is 5.65 Å². The highest BCUT2D eigenvalue weighted by Gasteiger charge is 2.21. The number of nitrogens with two attached hydrogens (primary N) is 1. The largest absolute Gasteiger partial charge is 0.454 e. The van der Waals surface area contributed by atoms with Crippen LogP contribution in [0.15, 0.2) is 29.1 Å². The van der Waals surface area contributed by atoms with Gasteiger partial charge in [0.05, 0.1) is 16.4 Å². The van der Waals surface area contributed by atoms with Gasteiger partial charge in [-0.2, -0.15) is 0 Å². The van der Waals surface area contributed by atoms with Gasteiger partial charge in [0.15, 0.2) is 10.8 Å². The van der Waals surface area contributed by atoms with Crippen LogP contribution in [0.2, 0.25) is 15.2 Å². The lowest BCUT2D eigenvalue weighted by molar-refractivity contribution is 0.0461. The molecule has 7 nitrogen and oxygen atoms in total. The summed E-state index contributed by atoms with van der Waals surface area (Å²) >= 11 is 17.6. The molecule has 3 rings (SSSR count). The number of nitrogens with zero attached hydrogens (tertiary/aromatic N) is 3. The van der Waals surface area contributed by atoms with Gasteiger partial charge < -0.3 is 10.5 Å². The smallest absolute Gasteiger partial charge is 0.359 e. The maximum Gasteiger partial charge on any atom is 0.359 e. The van der Waals surface area contributed by atoms with Gasteiger partial charge in [0.25, 0.3) is 5.56 Å². The summed E-state index contributed by atoms with van der Waals surface area (Å²) in [6, 6.07) is 6.52.